The van der Waals surface area contributed by atoms with Crippen LogP contribution in [0.2, 0.25) is 5.02 Å². The topological polar surface area (TPSA) is 59.8 Å². The molecule has 4 rings (SSSR count). The van der Waals surface area contributed by atoms with Gasteiger partial charge in [0.25, 0.3) is 0 Å². The van der Waals surface area contributed by atoms with Gasteiger partial charge in [-0.05, 0) is 29.8 Å². The third-order valence-corrected chi connectivity index (χ3v) is 5.66. The Hall–Kier alpha value is -3.09. The van der Waals surface area contributed by atoms with Crippen LogP contribution in [0.3, 0.4) is 0 Å². The molecular weight excluding hydrogens is 416 g/mol. The highest BCUT2D eigenvalue weighted by molar-refractivity contribution is 7.99. The Morgan fingerprint density at radius 2 is 1.57 bits per heavy atom. The van der Waals surface area contributed by atoms with E-state index in [4.69, 9.17) is 11.6 Å². The number of amides is 1. The Morgan fingerprint density at radius 1 is 0.900 bits per heavy atom. The molecule has 5 nitrogen and oxygen atoms in total. The first-order chi connectivity index (χ1) is 14.7. The molecule has 0 atom stereocenters. The van der Waals surface area contributed by atoms with Crippen LogP contribution in [-0.4, -0.2) is 26.4 Å². The molecule has 4 aromatic rings. The predicted octanol–water partition coefficient (Wildman–Crippen LogP) is 5.24. The summed E-state index contributed by atoms with van der Waals surface area (Å²) in [6, 6.07) is 27.2. The summed E-state index contributed by atoms with van der Waals surface area (Å²) in [4.78, 5) is 12.4. The van der Waals surface area contributed by atoms with Crippen molar-refractivity contribution in [1.82, 2.24) is 14.8 Å². The highest BCUT2D eigenvalue weighted by Gasteiger charge is 2.16. The zero-order chi connectivity index (χ0) is 20.8. The maximum atomic E-state index is 12.4. The number of thioether (sulfide) groups is 1. The minimum absolute atomic E-state index is 0.152. The third-order valence-electron chi connectivity index (χ3n) is 4.40. The van der Waals surface area contributed by atoms with Gasteiger partial charge in [0, 0.05) is 12.1 Å². The van der Waals surface area contributed by atoms with Crippen molar-refractivity contribution in [3.8, 4) is 5.69 Å². The lowest BCUT2D eigenvalue weighted by atomic mass is 10.1. The average molecular weight is 435 g/mol. The maximum absolute atomic E-state index is 12.4. The molecular formula is C23H19ClN4OS. The van der Waals surface area contributed by atoms with Gasteiger partial charge in [-0.15, -0.1) is 10.2 Å². The van der Waals surface area contributed by atoms with Crippen LogP contribution in [-0.2, 0) is 11.2 Å². The number of hydrogen-bond acceptors (Lipinski definition) is 4. The second kappa shape index (κ2) is 9.61. The van der Waals surface area contributed by atoms with E-state index in [9.17, 15) is 4.79 Å². The first-order valence-electron chi connectivity index (χ1n) is 9.41. The Bertz CT molecular complexity index is 1130. The molecule has 0 aliphatic carbocycles. The van der Waals surface area contributed by atoms with Crippen LogP contribution in [0.5, 0.6) is 0 Å². The van der Waals surface area contributed by atoms with Gasteiger partial charge >= 0.3 is 0 Å². The van der Waals surface area contributed by atoms with E-state index in [0.717, 1.165) is 17.1 Å². The van der Waals surface area contributed by atoms with Crippen molar-refractivity contribution in [2.24, 2.45) is 0 Å². The van der Waals surface area contributed by atoms with Crippen LogP contribution >= 0.6 is 23.4 Å². The molecule has 0 saturated carbocycles. The Morgan fingerprint density at radius 3 is 2.30 bits per heavy atom. The molecule has 0 unspecified atom stereocenters. The molecule has 30 heavy (non-hydrogen) atoms. The second-order valence-electron chi connectivity index (χ2n) is 6.55. The van der Waals surface area contributed by atoms with Crippen LogP contribution in [0.15, 0.2) is 90.1 Å². The fourth-order valence-corrected chi connectivity index (χ4v) is 3.96. The molecule has 7 heteroatoms. The summed E-state index contributed by atoms with van der Waals surface area (Å²) < 4.78 is 2.00. The van der Waals surface area contributed by atoms with Gasteiger partial charge in [0.05, 0.1) is 16.5 Å². The summed E-state index contributed by atoms with van der Waals surface area (Å²) in [5.74, 6) is 0.864. The van der Waals surface area contributed by atoms with Crippen LogP contribution in [0.1, 0.15) is 11.4 Å². The molecule has 0 radical (unpaired) electrons. The van der Waals surface area contributed by atoms with Crippen molar-refractivity contribution in [1.29, 1.82) is 0 Å². The minimum Gasteiger partial charge on any atom is -0.324 e. The van der Waals surface area contributed by atoms with Crippen LogP contribution < -0.4 is 5.32 Å². The molecule has 0 aliphatic heterocycles. The smallest absolute Gasteiger partial charge is 0.234 e. The van der Waals surface area contributed by atoms with E-state index in [1.807, 2.05) is 65.2 Å². The number of nitrogens with one attached hydrogen (secondary N) is 1. The summed E-state index contributed by atoms with van der Waals surface area (Å²) >= 11 is 7.46. The van der Waals surface area contributed by atoms with Gasteiger partial charge in [-0.3, -0.25) is 9.36 Å². The fraction of sp³-hybridized carbons (Fsp3) is 0.0870. The lowest BCUT2D eigenvalue weighted by Gasteiger charge is -2.11. The number of benzene rings is 3. The molecule has 150 valence electrons. The monoisotopic (exact) mass is 434 g/mol. The molecule has 1 amide bonds. The normalized spacial score (nSPS) is 10.7. The molecule has 0 aliphatic rings. The van der Waals surface area contributed by atoms with Crippen molar-refractivity contribution < 1.29 is 4.79 Å². The quantitative estimate of drug-likeness (QED) is 0.404. The molecule has 1 heterocycles. The van der Waals surface area contributed by atoms with Crippen LogP contribution in [0.4, 0.5) is 5.69 Å². The number of halogens is 1. The summed E-state index contributed by atoms with van der Waals surface area (Å²) in [5, 5.41) is 12.8. The number of para-hydroxylation sites is 2. The van der Waals surface area contributed by atoms with Crippen molar-refractivity contribution >= 4 is 35.0 Å². The zero-order valence-electron chi connectivity index (χ0n) is 16.0. The number of carbonyl (C=O) groups excluding carboxylic acids is 1. The van der Waals surface area contributed by atoms with Gasteiger partial charge in [-0.2, -0.15) is 0 Å². The number of carbonyl (C=O) groups is 1. The minimum atomic E-state index is -0.152. The largest absolute Gasteiger partial charge is 0.324 e. The van der Waals surface area contributed by atoms with Crippen molar-refractivity contribution in [2.75, 3.05) is 11.1 Å². The predicted molar refractivity (Wildman–Crippen MR) is 121 cm³/mol. The summed E-state index contributed by atoms with van der Waals surface area (Å²) in [5.41, 5.74) is 2.71. The SMILES string of the molecule is O=C(CSc1nnc(Cc2ccccc2)n1-c1ccccc1)Nc1ccccc1Cl. The van der Waals surface area contributed by atoms with Crippen molar-refractivity contribution in [3.05, 3.63) is 101 Å². The number of rotatable bonds is 7. The van der Waals surface area contributed by atoms with Gasteiger partial charge in [-0.25, -0.2) is 0 Å². The van der Waals surface area contributed by atoms with E-state index in [0.29, 0.717) is 22.3 Å². The first kappa shape index (κ1) is 20.2. The van der Waals surface area contributed by atoms with Crippen LogP contribution in [0, 0.1) is 0 Å². The molecule has 0 bridgehead atoms. The van der Waals surface area contributed by atoms with Gasteiger partial charge in [0.1, 0.15) is 5.82 Å². The number of aromatic nitrogens is 3. The summed E-state index contributed by atoms with van der Waals surface area (Å²) in [7, 11) is 0. The molecule has 0 fully saturated rings. The van der Waals surface area contributed by atoms with Crippen LogP contribution in [0.25, 0.3) is 5.69 Å². The van der Waals surface area contributed by atoms with E-state index >= 15 is 0 Å². The van der Waals surface area contributed by atoms with E-state index in [1.54, 1.807) is 12.1 Å². The second-order valence-corrected chi connectivity index (χ2v) is 7.90. The number of anilines is 1. The third kappa shape index (κ3) is 4.90. The first-order valence-corrected chi connectivity index (χ1v) is 10.8. The lowest BCUT2D eigenvalue weighted by molar-refractivity contribution is -0.113. The van der Waals surface area contributed by atoms with E-state index in [2.05, 4.69) is 27.6 Å². The van der Waals surface area contributed by atoms with E-state index in [-0.39, 0.29) is 11.7 Å². The van der Waals surface area contributed by atoms with Crippen molar-refractivity contribution in [2.45, 2.75) is 11.6 Å². The molecule has 3 aromatic carbocycles. The van der Waals surface area contributed by atoms with Gasteiger partial charge in [-0.1, -0.05) is 84.0 Å². The van der Waals surface area contributed by atoms with Crippen molar-refractivity contribution in [3.63, 3.8) is 0 Å². The molecule has 1 aromatic heterocycles. The highest BCUT2D eigenvalue weighted by atomic mass is 35.5. The Balaban J connectivity index is 1.54. The number of hydrogen-bond donors (Lipinski definition) is 1. The lowest BCUT2D eigenvalue weighted by Crippen LogP contribution is -2.15. The van der Waals surface area contributed by atoms with E-state index < -0.39 is 0 Å². The Kier molecular flexibility index (Phi) is 6.47. The maximum Gasteiger partial charge on any atom is 0.234 e. The molecule has 1 N–H and O–H groups in total. The fourth-order valence-electron chi connectivity index (χ4n) is 3.00. The van der Waals surface area contributed by atoms with Gasteiger partial charge in [0.2, 0.25) is 5.91 Å². The number of nitrogens with zero attached hydrogens (tertiary/aromatic N) is 3. The zero-order valence-corrected chi connectivity index (χ0v) is 17.6. The standard InChI is InChI=1S/C23H19ClN4OS/c24-19-13-7-8-14-20(19)25-22(29)16-30-23-27-26-21(15-17-9-3-1-4-10-17)28(23)18-11-5-2-6-12-18/h1-14H,15-16H2,(H,25,29). The average Bonchev–Trinajstić information content (AvgIpc) is 3.17. The van der Waals surface area contributed by atoms with Gasteiger partial charge < -0.3 is 5.32 Å². The molecule has 0 saturated heterocycles. The Labute approximate surface area is 184 Å². The summed E-state index contributed by atoms with van der Waals surface area (Å²) in [6.45, 7) is 0. The highest BCUT2D eigenvalue weighted by Crippen LogP contribution is 2.25. The molecule has 0 spiro atoms. The summed E-state index contributed by atoms with van der Waals surface area (Å²) in [6.07, 6.45) is 0.648. The van der Waals surface area contributed by atoms with E-state index in [1.165, 1.54) is 11.8 Å². The van der Waals surface area contributed by atoms with Gasteiger partial charge in [0.15, 0.2) is 5.16 Å².